The van der Waals surface area contributed by atoms with Gasteiger partial charge >= 0.3 is 8.69 Å². The molecule has 0 amide bonds. The summed E-state index contributed by atoms with van der Waals surface area (Å²) in [6.45, 7) is 11.8. The Morgan fingerprint density at radius 3 is 1.00 bits per heavy atom. The van der Waals surface area contributed by atoms with Crippen molar-refractivity contribution in [2.24, 2.45) is 0 Å². The average molecular weight is 378 g/mol. The van der Waals surface area contributed by atoms with Gasteiger partial charge in [-0.05, 0) is 11.0 Å². The van der Waals surface area contributed by atoms with Gasteiger partial charge in [-0.25, -0.2) is 0 Å². The van der Waals surface area contributed by atoms with Gasteiger partial charge in [0, 0.05) is 0 Å². The van der Waals surface area contributed by atoms with E-state index >= 15 is 0 Å². The van der Waals surface area contributed by atoms with Crippen LogP contribution in [-0.2, 0) is 9.09 Å². The van der Waals surface area contributed by atoms with Gasteiger partial charge in [0.2, 0.25) is 0 Å². The average Bonchev–Trinajstić information content (AvgIpc) is 2.64. The second-order valence-electron chi connectivity index (χ2n) is 6.82. The van der Waals surface area contributed by atoms with Gasteiger partial charge in [-0.1, -0.05) is 131 Å². The number of hydrogen-bond acceptors (Lipinski definition) is 2. The maximum Gasteiger partial charge on any atom is 0.494 e. The van der Waals surface area contributed by atoms with Crippen molar-refractivity contribution in [3.05, 3.63) is 0 Å². The first-order valence-electron chi connectivity index (χ1n) is 11.2. The summed E-state index contributed by atoms with van der Waals surface area (Å²) in [4.78, 5) is 0. The molecule has 0 N–H and O–H groups in total. The number of unbranched alkanes of at least 4 members (excludes halogenated alkanes) is 13. The van der Waals surface area contributed by atoms with Crippen LogP contribution in [0, 0.1) is 0 Å². The number of hydrogen-bond donors (Lipinski definition) is 0. The zero-order valence-corrected chi connectivity index (χ0v) is 19.3. The van der Waals surface area contributed by atoms with Crippen LogP contribution in [0.15, 0.2) is 0 Å². The van der Waals surface area contributed by atoms with E-state index in [-0.39, 0.29) is 0 Å². The Balaban J connectivity index is -0.000000291. The molecule has 0 saturated heterocycles. The minimum absolute atomic E-state index is 0.580. The van der Waals surface area contributed by atoms with E-state index in [0.29, 0.717) is 6.61 Å². The molecule has 0 aliphatic carbocycles. The van der Waals surface area contributed by atoms with Gasteiger partial charge in [-0.2, -0.15) is 0 Å². The largest absolute Gasteiger partial charge is 0.494 e. The molecule has 0 fully saturated rings. The third-order valence-electron chi connectivity index (χ3n) is 4.07. The second kappa shape index (κ2) is 35.2. The predicted molar refractivity (Wildman–Crippen MR) is 117 cm³/mol. The number of rotatable bonds is 16. The van der Waals surface area contributed by atoms with Crippen LogP contribution in [0.5, 0.6) is 0 Å². The van der Waals surface area contributed by atoms with Gasteiger partial charge in [0.25, 0.3) is 0 Å². The minimum atomic E-state index is -0.580. The summed E-state index contributed by atoms with van der Waals surface area (Å²) in [5, 5.41) is 0. The fraction of sp³-hybridized carbons (Fsp3) is 1.00. The van der Waals surface area contributed by atoms with Crippen LogP contribution in [0.2, 0.25) is 0 Å². The Labute approximate surface area is 162 Å². The Bertz CT molecular complexity index is 174. The summed E-state index contributed by atoms with van der Waals surface area (Å²) in [6, 6.07) is 0. The molecule has 0 heterocycles. The smallest absolute Gasteiger partial charge is 0.148 e. The fourth-order valence-electron chi connectivity index (χ4n) is 2.35. The van der Waals surface area contributed by atoms with Crippen molar-refractivity contribution in [2.75, 3.05) is 6.61 Å². The quantitative estimate of drug-likeness (QED) is 0.198. The van der Waals surface area contributed by atoms with E-state index in [4.69, 9.17) is 0 Å². The lowest BCUT2D eigenvalue weighted by atomic mass is 10.1. The van der Waals surface area contributed by atoms with Crippen LogP contribution in [-0.4, -0.2) is 6.61 Å². The predicted octanol–water partition coefficient (Wildman–Crippen LogP) is 9.26. The monoisotopic (exact) mass is 377 g/mol. The van der Waals surface area contributed by atoms with Crippen LogP contribution in [0.4, 0.5) is 0 Å². The van der Waals surface area contributed by atoms with E-state index in [0.717, 1.165) is 6.42 Å². The van der Waals surface area contributed by atoms with E-state index < -0.39 is 8.69 Å². The van der Waals surface area contributed by atoms with Gasteiger partial charge in [0.15, 0.2) is 0 Å². The maximum atomic E-state index is 9.77. The van der Waals surface area contributed by atoms with Crippen molar-refractivity contribution in [3.8, 4) is 0 Å². The third kappa shape index (κ3) is 45.4. The summed E-state index contributed by atoms with van der Waals surface area (Å²) in [5.41, 5.74) is 0. The van der Waals surface area contributed by atoms with Crippen LogP contribution in [0.3, 0.4) is 0 Å². The van der Waals surface area contributed by atoms with Crippen LogP contribution in [0.25, 0.3) is 0 Å². The third-order valence-corrected chi connectivity index (χ3v) is 4.40. The molecular formula is C22H50O2P+. The molecule has 0 rings (SSSR count). The van der Waals surface area contributed by atoms with Gasteiger partial charge in [0.1, 0.15) is 6.61 Å². The molecule has 3 heteroatoms. The van der Waals surface area contributed by atoms with Crippen molar-refractivity contribution < 1.29 is 9.09 Å². The Kier molecular flexibility index (Phi) is 42.0. The maximum absolute atomic E-state index is 9.77. The molecule has 154 valence electrons. The van der Waals surface area contributed by atoms with Crippen molar-refractivity contribution >= 4 is 8.69 Å². The highest BCUT2D eigenvalue weighted by atomic mass is 31.1. The zero-order chi connectivity index (χ0) is 19.4. The van der Waals surface area contributed by atoms with E-state index in [9.17, 15) is 4.57 Å². The summed E-state index contributed by atoms with van der Waals surface area (Å²) < 4.78 is 14.4. The summed E-state index contributed by atoms with van der Waals surface area (Å²) >= 11 is 0. The molecule has 1 unspecified atom stereocenters. The minimum Gasteiger partial charge on any atom is -0.148 e. The summed E-state index contributed by atoms with van der Waals surface area (Å²) in [6.07, 6.45) is 21.7. The van der Waals surface area contributed by atoms with E-state index in [1.807, 2.05) is 0 Å². The van der Waals surface area contributed by atoms with Gasteiger partial charge < -0.3 is 0 Å². The first-order valence-corrected chi connectivity index (χ1v) is 12.0. The molecule has 1 atom stereocenters. The molecule has 0 aliphatic heterocycles. The lowest BCUT2D eigenvalue weighted by Crippen LogP contribution is -1.83. The Morgan fingerprint density at radius 1 is 0.480 bits per heavy atom. The van der Waals surface area contributed by atoms with Crippen molar-refractivity contribution in [1.29, 1.82) is 0 Å². The van der Waals surface area contributed by atoms with Crippen LogP contribution in [0.1, 0.15) is 137 Å². The topological polar surface area (TPSA) is 26.3 Å². The lowest BCUT2D eigenvalue weighted by Gasteiger charge is -1.93. The summed E-state index contributed by atoms with van der Waals surface area (Å²) in [5.74, 6) is 0. The summed E-state index contributed by atoms with van der Waals surface area (Å²) in [7, 11) is -0.580. The van der Waals surface area contributed by atoms with Crippen molar-refractivity contribution in [1.82, 2.24) is 0 Å². The molecule has 0 aromatic carbocycles. The molecule has 0 aromatic heterocycles. The highest BCUT2D eigenvalue weighted by Crippen LogP contribution is 2.04. The van der Waals surface area contributed by atoms with E-state index in [1.165, 1.54) is 96.3 Å². The molecular weight excluding hydrogens is 327 g/mol. The SMILES string of the molecule is CCCCCCCC.CCCCCCCC.CCCCCCO[PH+]=O. The molecule has 0 saturated carbocycles. The van der Waals surface area contributed by atoms with E-state index in [2.05, 4.69) is 39.1 Å². The highest BCUT2D eigenvalue weighted by Gasteiger charge is 1.91. The first-order chi connectivity index (χ1) is 12.2. The normalized spacial score (nSPS) is 9.96. The highest BCUT2D eigenvalue weighted by molar-refractivity contribution is 7.17. The van der Waals surface area contributed by atoms with Crippen molar-refractivity contribution in [2.45, 2.75) is 137 Å². The van der Waals surface area contributed by atoms with Gasteiger partial charge in [-0.15, -0.1) is 4.52 Å². The van der Waals surface area contributed by atoms with Gasteiger partial charge in [0.05, 0.1) is 0 Å². The molecule has 2 nitrogen and oxygen atoms in total. The first kappa shape index (κ1) is 29.8. The molecule has 0 aliphatic rings. The Hall–Kier alpha value is 0.0600. The van der Waals surface area contributed by atoms with Gasteiger partial charge in [-0.3, -0.25) is 0 Å². The van der Waals surface area contributed by atoms with Crippen molar-refractivity contribution in [3.63, 3.8) is 0 Å². The fourth-order valence-corrected chi connectivity index (χ4v) is 2.58. The molecule has 0 bridgehead atoms. The molecule has 0 radical (unpaired) electrons. The molecule has 25 heavy (non-hydrogen) atoms. The Morgan fingerprint density at radius 2 is 0.760 bits per heavy atom. The zero-order valence-electron chi connectivity index (χ0n) is 18.3. The van der Waals surface area contributed by atoms with E-state index in [1.54, 1.807) is 0 Å². The van der Waals surface area contributed by atoms with Crippen LogP contribution < -0.4 is 0 Å². The standard InChI is InChI=1S/2C8H18.C6H14O2P/c2*1-3-5-7-8-6-4-2;1-2-3-4-5-6-8-9-7/h2*3-8H2,1-2H3;9H,2-6H2,1H3/q;;+1. The second-order valence-corrected chi connectivity index (χ2v) is 7.28. The molecule has 0 spiro atoms. The van der Waals surface area contributed by atoms with Crippen LogP contribution >= 0.6 is 8.69 Å². The lowest BCUT2D eigenvalue weighted by molar-refractivity contribution is 0.329. The molecule has 0 aromatic rings.